The molecular formula is C16H26N3+. The summed E-state index contributed by atoms with van der Waals surface area (Å²) in [4.78, 5) is 4.58. The Morgan fingerprint density at radius 2 is 1.37 bits per heavy atom. The van der Waals surface area contributed by atoms with E-state index in [4.69, 9.17) is 0 Å². The van der Waals surface area contributed by atoms with E-state index in [0.717, 1.165) is 25.6 Å². The van der Waals surface area contributed by atoms with Crippen LogP contribution in [0.2, 0.25) is 0 Å². The van der Waals surface area contributed by atoms with E-state index in [-0.39, 0.29) is 0 Å². The van der Waals surface area contributed by atoms with Gasteiger partial charge in [-0.1, -0.05) is 31.9 Å². The zero-order chi connectivity index (χ0) is 14.6. The molecule has 0 aliphatic rings. The summed E-state index contributed by atoms with van der Waals surface area (Å²) < 4.78 is 0.609. The van der Waals surface area contributed by atoms with Gasteiger partial charge >= 0.3 is 0 Å². The first-order chi connectivity index (χ1) is 9.20. The van der Waals surface area contributed by atoms with Crippen LogP contribution in [0.4, 0.5) is 0 Å². The van der Waals surface area contributed by atoms with Crippen LogP contribution in [0.3, 0.4) is 0 Å². The van der Waals surface area contributed by atoms with Gasteiger partial charge in [-0.2, -0.15) is 0 Å². The third kappa shape index (κ3) is 5.53. The first-order valence-corrected chi connectivity index (χ1v) is 6.40. The number of hydrogen-bond acceptors (Lipinski definition) is 1. The summed E-state index contributed by atoms with van der Waals surface area (Å²) in [5.74, 6) is 0.888. The number of rotatable bonds is 10. The van der Waals surface area contributed by atoms with Gasteiger partial charge in [-0.05, 0) is 18.2 Å². The van der Waals surface area contributed by atoms with E-state index in [1.54, 1.807) is 6.08 Å². The molecule has 0 amide bonds. The van der Waals surface area contributed by atoms with Gasteiger partial charge in [0.2, 0.25) is 0 Å². The number of nitrogens with zero attached hydrogens (tertiary/aromatic N) is 2. The second-order valence-electron chi connectivity index (χ2n) is 4.18. The highest BCUT2D eigenvalue weighted by Crippen LogP contribution is 2.10. The smallest absolute Gasteiger partial charge is 0.298 e. The van der Waals surface area contributed by atoms with E-state index < -0.39 is 0 Å². The Hall–Kier alpha value is -1.87. The van der Waals surface area contributed by atoms with Gasteiger partial charge in [0.15, 0.2) is 0 Å². The molecule has 0 saturated carbocycles. The summed E-state index contributed by atoms with van der Waals surface area (Å²) in [5.41, 5.74) is 0. The number of nitrogens with one attached hydrogen (secondary N) is 1. The van der Waals surface area contributed by atoms with Gasteiger partial charge in [-0.25, -0.2) is 9.48 Å². The number of guanidine groups is 1. The molecule has 0 radical (unpaired) electrons. The van der Waals surface area contributed by atoms with Crippen molar-refractivity contribution < 1.29 is 4.48 Å². The van der Waals surface area contributed by atoms with Gasteiger partial charge in [0.25, 0.3) is 5.96 Å². The lowest BCUT2D eigenvalue weighted by molar-refractivity contribution is -0.825. The molecule has 0 saturated heterocycles. The Labute approximate surface area is 117 Å². The molecule has 0 atom stereocenters. The molecule has 104 valence electrons. The van der Waals surface area contributed by atoms with E-state index in [1.165, 1.54) is 0 Å². The standard InChI is InChI=1S/C16H26N3/c1-6-11-17-16(18-12-7-2)19(13-8-3,14-9-4)15-10-5/h6-10H,1-5,11-15H2,(H,17,18)/q+1. The molecule has 3 nitrogen and oxygen atoms in total. The van der Waals surface area contributed by atoms with Crippen molar-refractivity contribution in [2.75, 3.05) is 32.7 Å². The summed E-state index contributed by atoms with van der Waals surface area (Å²) in [6.45, 7) is 22.5. The maximum Gasteiger partial charge on any atom is 0.298 e. The van der Waals surface area contributed by atoms with E-state index >= 15 is 0 Å². The third-order valence-electron chi connectivity index (χ3n) is 2.66. The van der Waals surface area contributed by atoms with Crippen molar-refractivity contribution in [3.63, 3.8) is 0 Å². The second-order valence-corrected chi connectivity index (χ2v) is 4.18. The van der Waals surface area contributed by atoms with Gasteiger partial charge < -0.3 is 5.32 Å². The van der Waals surface area contributed by atoms with Gasteiger partial charge in [0, 0.05) is 6.54 Å². The van der Waals surface area contributed by atoms with E-state index in [0.29, 0.717) is 17.6 Å². The number of quaternary nitrogens is 1. The maximum absolute atomic E-state index is 4.58. The van der Waals surface area contributed by atoms with Crippen LogP contribution >= 0.6 is 0 Å². The molecule has 0 aromatic carbocycles. The lowest BCUT2D eigenvalue weighted by Gasteiger charge is -2.35. The molecule has 0 aromatic heterocycles. The second kappa shape index (κ2) is 10.1. The minimum atomic E-state index is 0.574. The summed E-state index contributed by atoms with van der Waals surface area (Å²) in [6.07, 6.45) is 9.28. The Bertz CT molecular complexity index is 326. The fourth-order valence-corrected chi connectivity index (χ4v) is 1.91. The highest BCUT2D eigenvalue weighted by molar-refractivity contribution is 5.73. The van der Waals surface area contributed by atoms with Crippen LogP contribution < -0.4 is 5.32 Å². The normalized spacial score (nSPS) is 11.5. The van der Waals surface area contributed by atoms with Crippen LogP contribution in [0.15, 0.2) is 68.3 Å². The van der Waals surface area contributed by atoms with Crippen LogP contribution in [0.5, 0.6) is 0 Å². The van der Waals surface area contributed by atoms with Crippen LogP contribution in [0.25, 0.3) is 0 Å². The van der Waals surface area contributed by atoms with Crippen LogP contribution in [0.1, 0.15) is 0 Å². The molecular weight excluding hydrogens is 234 g/mol. The minimum Gasteiger partial charge on any atom is -0.321 e. The van der Waals surface area contributed by atoms with Crippen molar-refractivity contribution in [1.29, 1.82) is 0 Å². The molecule has 0 rings (SSSR count). The van der Waals surface area contributed by atoms with Crippen molar-refractivity contribution >= 4 is 5.96 Å². The third-order valence-corrected chi connectivity index (χ3v) is 2.66. The molecule has 0 heterocycles. The van der Waals surface area contributed by atoms with Gasteiger partial charge in [-0.3, -0.25) is 0 Å². The largest absolute Gasteiger partial charge is 0.321 e. The van der Waals surface area contributed by atoms with Gasteiger partial charge in [-0.15, -0.1) is 13.2 Å². The fourth-order valence-electron chi connectivity index (χ4n) is 1.91. The van der Waals surface area contributed by atoms with E-state index in [2.05, 4.69) is 43.2 Å². The number of hydrogen-bond donors (Lipinski definition) is 1. The van der Waals surface area contributed by atoms with Gasteiger partial charge in [0.1, 0.15) is 19.6 Å². The lowest BCUT2D eigenvalue weighted by atomic mass is 10.3. The molecule has 0 aromatic rings. The molecule has 19 heavy (non-hydrogen) atoms. The first kappa shape index (κ1) is 17.1. The molecule has 3 heteroatoms. The summed E-state index contributed by atoms with van der Waals surface area (Å²) in [6, 6.07) is 0. The van der Waals surface area contributed by atoms with Gasteiger partial charge in [0.05, 0.1) is 6.54 Å². The molecule has 0 fully saturated rings. The molecule has 0 unspecified atom stereocenters. The number of aliphatic imine (C=N–C) groups is 1. The van der Waals surface area contributed by atoms with Crippen LogP contribution in [0, 0.1) is 0 Å². The SMILES string of the molecule is C=CC/N=C(\NCC=C)[N+](CC=C)(CC=C)CC=C. The molecule has 0 bridgehead atoms. The Morgan fingerprint density at radius 3 is 1.74 bits per heavy atom. The zero-order valence-corrected chi connectivity index (χ0v) is 11.9. The summed E-state index contributed by atoms with van der Waals surface area (Å²) >= 11 is 0. The topological polar surface area (TPSA) is 24.4 Å². The Kier molecular flexibility index (Phi) is 9.10. The highest BCUT2D eigenvalue weighted by atomic mass is 15.4. The monoisotopic (exact) mass is 260 g/mol. The average molecular weight is 260 g/mol. The van der Waals surface area contributed by atoms with Crippen molar-refractivity contribution in [1.82, 2.24) is 5.32 Å². The summed E-state index contributed by atoms with van der Waals surface area (Å²) in [5, 5.41) is 3.31. The van der Waals surface area contributed by atoms with Crippen molar-refractivity contribution in [3.8, 4) is 0 Å². The molecule has 0 aliphatic heterocycles. The fraction of sp³-hybridized carbons (Fsp3) is 0.312. The summed E-state index contributed by atoms with van der Waals surface area (Å²) in [7, 11) is 0. The average Bonchev–Trinajstić information content (AvgIpc) is 2.39. The molecule has 0 spiro atoms. The van der Waals surface area contributed by atoms with Crippen molar-refractivity contribution in [2.24, 2.45) is 4.99 Å². The minimum absolute atomic E-state index is 0.574. The van der Waals surface area contributed by atoms with E-state index in [1.807, 2.05) is 24.3 Å². The predicted molar refractivity (Wildman–Crippen MR) is 86.2 cm³/mol. The highest BCUT2D eigenvalue weighted by Gasteiger charge is 2.30. The van der Waals surface area contributed by atoms with E-state index in [9.17, 15) is 0 Å². The quantitative estimate of drug-likeness (QED) is 0.278. The zero-order valence-electron chi connectivity index (χ0n) is 11.9. The molecule has 0 aliphatic carbocycles. The lowest BCUT2D eigenvalue weighted by Crippen LogP contribution is -2.58. The first-order valence-electron chi connectivity index (χ1n) is 6.40. The van der Waals surface area contributed by atoms with Crippen molar-refractivity contribution in [3.05, 3.63) is 63.3 Å². The maximum atomic E-state index is 4.58. The van der Waals surface area contributed by atoms with Crippen molar-refractivity contribution in [2.45, 2.75) is 0 Å². The Balaban J connectivity index is 5.43. The Morgan fingerprint density at radius 1 is 0.842 bits per heavy atom. The molecule has 1 N–H and O–H groups in total. The van der Waals surface area contributed by atoms with Crippen LogP contribution in [-0.4, -0.2) is 43.2 Å². The predicted octanol–water partition coefficient (Wildman–Crippen LogP) is 2.68. The van der Waals surface area contributed by atoms with Crippen LogP contribution in [-0.2, 0) is 0 Å².